The van der Waals surface area contributed by atoms with Gasteiger partial charge >= 0.3 is 11.9 Å². The van der Waals surface area contributed by atoms with Crippen LogP contribution in [0.2, 0.25) is 0 Å². The van der Waals surface area contributed by atoms with E-state index in [2.05, 4.69) is 20.3 Å². The lowest BCUT2D eigenvalue weighted by molar-refractivity contribution is -0.140. The average molecular weight is 436 g/mol. The van der Waals surface area contributed by atoms with E-state index < -0.39 is 23.9 Å². The summed E-state index contributed by atoms with van der Waals surface area (Å²) in [6, 6.07) is 8.61. The minimum absolute atomic E-state index is 0.0702. The highest BCUT2D eigenvalue weighted by Gasteiger charge is 2.21. The third kappa shape index (κ3) is 5.53. The molecule has 11 nitrogen and oxygen atoms in total. The van der Waals surface area contributed by atoms with Gasteiger partial charge in [-0.25, -0.2) is 14.8 Å². The molecular weight excluding hydrogens is 416 g/mol. The summed E-state index contributed by atoms with van der Waals surface area (Å²) in [5, 5.41) is 20.2. The molecular formula is C21H20N6O5. The number of anilines is 2. The van der Waals surface area contributed by atoms with Crippen LogP contribution in [-0.4, -0.2) is 49.1 Å². The lowest BCUT2D eigenvalue weighted by Gasteiger charge is -2.13. The monoisotopic (exact) mass is 436 g/mol. The fraction of sp³-hybridized carbons (Fsp3) is 0.143. The molecule has 3 rings (SSSR count). The molecule has 1 aromatic carbocycles. The highest BCUT2D eigenvalue weighted by Crippen LogP contribution is 2.18. The quantitative estimate of drug-likeness (QED) is 0.344. The van der Waals surface area contributed by atoms with Gasteiger partial charge in [-0.3, -0.25) is 9.59 Å². The van der Waals surface area contributed by atoms with Crippen molar-refractivity contribution in [1.29, 1.82) is 0 Å². The topological polar surface area (TPSA) is 194 Å². The SMILES string of the molecule is Nc1nc(N)c2nc(/C=C/c3ccc(C(=O)N[C@@H](CCC(=O)O)C(=O)O)cc3)ccc2n1. The Morgan fingerprint density at radius 3 is 2.34 bits per heavy atom. The van der Waals surface area contributed by atoms with Gasteiger partial charge in [-0.05, 0) is 42.3 Å². The summed E-state index contributed by atoms with van der Waals surface area (Å²) >= 11 is 0. The molecule has 0 aliphatic carbocycles. The predicted octanol–water partition coefficient (Wildman–Crippen LogP) is 1.41. The molecule has 0 aliphatic heterocycles. The Kier molecular flexibility index (Phi) is 6.59. The molecule has 0 saturated heterocycles. The van der Waals surface area contributed by atoms with Crippen molar-refractivity contribution in [1.82, 2.24) is 20.3 Å². The van der Waals surface area contributed by atoms with E-state index in [4.69, 9.17) is 21.7 Å². The number of carbonyl (C=O) groups excluding carboxylic acids is 1. The summed E-state index contributed by atoms with van der Waals surface area (Å²) in [6.45, 7) is 0. The number of fused-ring (bicyclic) bond motifs is 1. The number of nitrogens with two attached hydrogens (primary N) is 2. The third-order valence-corrected chi connectivity index (χ3v) is 4.48. The highest BCUT2D eigenvalue weighted by atomic mass is 16.4. The largest absolute Gasteiger partial charge is 0.481 e. The predicted molar refractivity (Wildman–Crippen MR) is 117 cm³/mol. The van der Waals surface area contributed by atoms with E-state index in [1.807, 2.05) is 0 Å². The molecule has 32 heavy (non-hydrogen) atoms. The van der Waals surface area contributed by atoms with E-state index in [-0.39, 0.29) is 30.2 Å². The van der Waals surface area contributed by atoms with Crippen molar-refractivity contribution in [3.8, 4) is 0 Å². The van der Waals surface area contributed by atoms with Crippen LogP contribution in [0.5, 0.6) is 0 Å². The molecule has 11 heteroatoms. The number of hydrogen-bond donors (Lipinski definition) is 5. The summed E-state index contributed by atoms with van der Waals surface area (Å²) in [7, 11) is 0. The second-order valence-electron chi connectivity index (χ2n) is 6.82. The van der Waals surface area contributed by atoms with Crippen molar-refractivity contribution >= 4 is 52.8 Å². The van der Waals surface area contributed by atoms with Gasteiger partial charge < -0.3 is 27.0 Å². The molecule has 1 atom stereocenters. The summed E-state index contributed by atoms with van der Waals surface area (Å²) in [5.74, 6) is -2.79. The minimum atomic E-state index is -1.30. The molecule has 0 spiro atoms. The van der Waals surface area contributed by atoms with Gasteiger partial charge in [0.15, 0.2) is 5.82 Å². The van der Waals surface area contributed by atoms with Gasteiger partial charge in [0.1, 0.15) is 11.6 Å². The van der Waals surface area contributed by atoms with Crippen molar-refractivity contribution in [2.24, 2.45) is 0 Å². The zero-order valence-corrected chi connectivity index (χ0v) is 16.7. The molecule has 2 aromatic heterocycles. The molecule has 3 aromatic rings. The van der Waals surface area contributed by atoms with Crippen molar-refractivity contribution in [3.05, 3.63) is 53.2 Å². The number of rotatable bonds is 8. The number of aliphatic carboxylic acids is 2. The Hall–Kier alpha value is -4.54. The summed E-state index contributed by atoms with van der Waals surface area (Å²) in [4.78, 5) is 46.5. The normalized spacial score (nSPS) is 12.0. The van der Waals surface area contributed by atoms with Gasteiger partial charge in [0, 0.05) is 12.0 Å². The summed E-state index contributed by atoms with van der Waals surface area (Å²) in [5.41, 5.74) is 14.0. The maximum Gasteiger partial charge on any atom is 0.326 e. The molecule has 0 radical (unpaired) electrons. The fourth-order valence-electron chi connectivity index (χ4n) is 2.86. The molecule has 2 heterocycles. The zero-order chi connectivity index (χ0) is 23.3. The highest BCUT2D eigenvalue weighted by molar-refractivity contribution is 5.97. The minimum Gasteiger partial charge on any atom is -0.481 e. The van der Waals surface area contributed by atoms with Gasteiger partial charge in [0.2, 0.25) is 5.95 Å². The first-order valence-corrected chi connectivity index (χ1v) is 9.46. The number of hydrogen-bond acceptors (Lipinski definition) is 8. The number of benzene rings is 1. The number of carbonyl (C=O) groups is 3. The zero-order valence-electron chi connectivity index (χ0n) is 16.7. The molecule has 0 fully saturated rings. The fourth-order valence-corrected chi connectivity index (χ4v) is 2.86. The Bertz CT molecular complexity index is 1210. The molecule has 1 amide bonds. The number of nitrogen functional groups attached to an aromatic ring is 2. The van der Waals surface area contributed by atoms with Crippen molar-refractivity contribution in [3.63, 3.8) is 0 Å². The molecule has 0 unspecified atom stereocenters. The van der Waals surface area contributed by atoms with Crippen LogP contribution in [0.15, 0.2) is 36.4 Å². The lowest BCUT2D eigenvalue weighted by Crippen LogP contribution is -2.41. The summed E-state index contributed by atoms with van der Waals surface area (Å²) in [6.07, 6.45) is 2.95. The number of carboxylic acid groups (broad SMARTS) is 2. The Morgan fingerprint density at radius 1 is 0.969 bits per heavy atom. The number of pyridine rings is 1. The smallest absolute Gasteiger partial charge is 0.326 e. The van der Waals surface area contributed by atoms with Crippen LogP contribution in [0.4, 0.5) is 11.8 Å². The van der Waals surface area contributed by atoms with Crippen LogP contribution >= 0.6 is 0 Å². The van der Waals surface area contributed by atoms with Crippen LogP contribution in [-0.2, 0) is 9.59 Å². The van der Waals surface area contributed by atoms with Crippen molar-refractivity contribution < 1.29 is 24.6 Å². The molecule has 7 N–H and O–H groups in total. The maximum atomic E-state index is 12.3. The van der Waals surface area contributed by atoms with Gasteiger partial charge in [-0.15, -0.1) is 0 Å². The Balaban J connectivity index is 1.69. The van der Waals surface area contributed by atoms with E-state index >= 15 is 0 Å². The molecule has 0 aliphatic rings. The third-order valence-electron chi connectivity index (χ3n) is 4.48. The van der Waals surface area contributed by atoms with E-state index in [1.165, 1.54) is 12.1 Å². The molecule has 0 bridgehead atoms. The van der Waals surface area contributed by atoms with E-state index in [1.54, 1.807) is 36.4 Å². The molecule has 0 saturated carbocycles. The van der Waals surface area contributed by atoms with Crippen molar-refractivity contribution in [2.75, 3.05) is 11.5 Å². The number of amides is 1. The van der Waals surface area contributed by atoms with Crippen LogP contribution in [0.1, 0.15) is 34.5 Å². The number of carboxylic acids is 2. The number of nitrogens with one attached hydrogen (secondary N) is 1. The van der Waals surface area contributed by atoms with Gasteiger partial charge in [0.25, 0.3) is 5.91 Å². The number of nitrogens with zero attached hydrogens (tertiary/aromatic N) is 3. The van der Waals surface area contributed by atoms with Gasteiger partial charge in [-0.1, -0.05) is 18.2 Å². The van der Waals surface area contributed by atoms with Crippen LogP contribution in [0, 0.1) is 0 Å². The van der Waals surface area contributed by atoms with Crippen molar-refractivity contribution in [2.45, 2.75) is 18.9 Å². The Labute approximate surface area is 181 Å². The first kappa shape index (κ1) is 22.2. The van der Waals surface area contributed by atoms with Crippen LogP contribution in [0.25, 0.3) is 23.2 Å². The van der Waals surface area contributed by atoms with E-state index in [9.17, 15) is 14.4 Å². The van der Waals surface area contributed by atoms with E-state index in [0.29, 0.717) is 16.7 Å². The second-order valence-corrected chi connectivity index (χ2v) is 6.82. The average Bonchev–Trinajstić information content (AvgIpc) is 2.75. The van der Waals surface area contributed by atoms with Gasteiger partial charge in [0.05, 0.1) is 11.2 Å². The summed E-state index contributed by atoms with van der Waals surface area (Å²) < 4.78 is 0. The molecule has 164 valence electrons. The standard InChI is InChI=1S/C21H20N6O5/c22-18-17-14(26-21(23)27-18)8-7-13(24-17)6-3-11-1-4-12(5-2-11)19(30)25-15(20(31)32)9-10-16(28)29/h1-8,15H,9-10H2,(H,25,30)(H,28,29)(H,31,32)(H4,22,23,26,27)/b6-3+/t15-/m0/s1. The number of aromatic nitrogens is 3. The van der Waals surface area contributed by atoms with Crippen LogP contribution < -0.4 is 16.8 Å². The second kappa shape index (κ2) is 9.51. The Morgan fingerprint density at radius 2 is 1.69 bits per heavy atom. The van der Waals surface area contributed by atoms with Gasteiger partial charge in [-0.2, -0.15) is 4.98 Å². The lowest BCUT2D eigenvalue weighted by atomic mass is 10.1. The first-order valence-electron chi connectivity index (χ1n) is 9.46. The first-order chi connectivity index (χ1) is 15.2. The van der Waals surface area contributed by atoms with E-state index in [0.717, 1.165) is 5.56 Å². The maximum absolute atomic E-state index is 12.3. The van der Waals surface area contributed by atoms with Crippen LogP contribution in [0.3, 0.4) is 0 Å².